The van der Waals surface area contributed by atoms with Gasteiger partial charge in [-0.05, 0) is 34.5 Å². The van der Waals surface area contributed by atoms with E-state index < -0.39 is 0 Å². The molecule has 6 rings (SSSR count). The average Bonchev–Trinajstić information content (AvgIpc) is 3.27. The highest BCUT2D eigenvalue weighted by atomic mass is 16.7. The minimum atomic E-state index is 0.243. The number of nitrogens with zero attached hydrogens (tertiary/aromatic N) is 4. The molecule has 0 radical (unpaired) electrons. The molecule has 2 heterocycles. The van der Waals surface area contributed by atoms with Gasteiger partial charge in [0.15, 0.2) is 11.5 Å². The van der Waals surface area contributed by atoms with E-state index in [1.54, 1.807) is 6.21 Å². The number of rotatable bonds is 3. The molecule has 7 nitrogen and oxygen atoms in total. The fourth-order valence-electron chi connectivity index (χ4n) is 3.75. The highest BCUT2D eigenvalue weighted by Crippen LogP contribution is 2.33. The molecule has 1 aliphatic heterocycles. The fraction of sp³-hybridized carbons (Fsp3) is 0.0435. The zero-order valence-corrected chi connectivity index (χ0v) is 15.7. The van der Waals surface area contributed by atoms with E-state index in [0.29, 0.717) is 11.7 Å². The number of hydrogen-bond acceptors (Lipinski definition) is 7. The predicted molar refractivity (Wildman–Crippen MR) is 116 cm³/mol. The van der Waals surface area contributed by atoms with Crippen molar-refractivity contribution in [1.82, 2.24) is 15.2 Å². The Hall–Kier alpha value is -4.26. The Balaban J connectivity index is 1.40. The Bertz CT molecular complexity index is 1430. The first-order chi connectivity index (χ1) is 14.9. The molecule has 0 amide bonds. The maximum atomic E-state index is 5.39. The Morgan fingerprint density at radius 2 is 1.47 bits per heavy atom. The van der Waals surface area contributed by atoms with Crippen molar-refractivity contribution < 1.29 is 9.47 Å². The van der Waals surface area contributed by atoms with Gasteiger partial charge in [0.05, 0.1) is 6.21 Å². The van der Waals surface area contributed by atoms with Gasteiger partial charge in [-0.15, -0.1) is 10.2 Å². The standard InChI is InChI=1S/C23H15N5O2/c1-3-7-17-15(5-1)16-6-2-4-8-18(16)22-21(17)25-23(28-26-22)27-24-12-14-9-10-19-20(11-14)30-13-29-19/h1-12H,13H2,(H,25,27,28)/b24-12+. The number of fused-ring (bicyclic) bond motifs is 7. The number of ether oxygens (including phenoxy) is 2. The first-order valence-electron chi connectivity index (χ1n) is 9.49. The smallest absolute Gasteiger partial charge is 0.263 e. The zero-order valence-electron chi connectivity index (χ0n) is 15.7. The second-order valence-electron chi connectivity index (χ2n) is 6.91. The largest absolute Gasteiger partial charge is 0.454 e. The van der Waals surface area contributed by atoms with Crippen LogP contribution < -0.4 is 14.9 Å². The lowest BCUT2D eigenvalue weighted by Gasteiger charge is -2.08. The summed E-state index contributed by atoms with van der Waals surface area (Å²) in [6.07, 6.45) is 1.67. The van der Waals surface area contributed by atoms with Crippen molar-refractivity contribution in [3.05, 3.63) is 72.3 Å². The van der Waals surface area contributed by atoms with E-state index in [0.717, 1.165) is 43.9 Å². The molecule has 1 N–H and O–H groups in total. The lowest BCUT2D eigenvalue weighted by Crippen LogP contribution is -2.00. The molecule has 0 saturated carbocycles. The molecule has 0 aliphatic carbocycles. The van der Waals surface area contributed by atoms with Gasteiger partial charge in [-0.1, -0.05) is 48.5 Å². The number of hydrogen-bond donors (Lipinski definition) is 1. The summed E-state index contributed by atoms with van der Waals surface area (Å²) in [6.45, 7) is 0.243. The zero-order chi connectivity index (χ0) is 19.9. The highest BCUT2D eigenvalue weighted by molar-refractivity contribution is 6.22. The normalized spacial score (nSPS) is 12.9. The van der Waals surface area contributed by atoms with Gasteiger partial charge in [0, 0.05) is 10.8 Å². The number of benzene rings is 4. The third-order valence-corrected chi connectivity index (χ3v) is 5.12. The van der Waals surface area contributed by atoms with Crippen molar-refractivity contribution in [3.8, 4) is 11.5 Å². The van der Waals surface area contributed by atoms with E-state index >= 15 is 0 Å². The van der Waals surface area contributed by atoms with Crippen molar-refractivity contribution in [2.24, 2.45) is 5.10 Å². The van der Waals surface area contributed by atoms with Crippen molar-refractivity contribution in [2.45, 2.75) is 0 Å². The van der Waals surface area contributed by atoms with Crippen LogP contribution in [0.25, 0.3) is 32.6 Å². The van der Waals surface area contributed by atoms with Crippen molar-refractivity contribution in [2.75, 3.05) is 12.2 Å². The first kappa shape index (κ1) is 16.7. The maximum Gasteiger partial charge on any atom is 0.263 e. The summed E-state index contributed by atoms with van der Waals surface area (Å²) in [6, 6.07) is 22.0. The van der Waals surface area contributed by atoms with Crippen LogP contribution in [0.3, 0.4) is 0 Å². The number of nitrogens with one attached hydrogen (secondary N) is 1. The van der Waals surface area contributed by atoms with E-state index in [-0.39, 0.29) is 6.79 Å². The van der Waals surface area contributed by atoms with E-state index in [1.807, 2.05) is 48.5 Å². The lowest BCUT2D eigenvalue weighted by atomic mass is 10.00. The first-order valence-corrected chi connectivity index (χ1v) is 9.49. The lowest BCUT2D eigenvalue weighted by molar-refractivity contribution is 0.174. The van der Waals surface area contributed by atoms with Crippen LogP contribution in [0.4, 0.5) is 5.95 Å². The van der Waals surface area contributed by atoms with E-state index in [1.165, 1.54) is 0 Å². The molecule has 144 valence electrons. The van der Waals surface area contributed by atoms with Crippen LogP contribution in [0.15, 0.2) is 71.8 Å². The van der Waals surface area contributed by atoms with Gasteiger partial charge >= 0.3 is 0 Å². The summed E-state index contributed by atoms with van der Waals surface area (Å²) >= 11 is 0. The summed E-state index contributed by atoms with van der Waals surface area (Å²) in [5.74, 6) is 1.78. The molecule has 7 heteroatoms. The summed E-state index contributed by atoms with van der Waals surface area (Å²) in [4.78, 5) is 4.70. The van der Waals surface area contributed by atoms with Crippen molar-refractivity contribution >= 4 is 44.7 Å². The molecule has 0 fully saturated rings. The van der Waals surface area contributed by atoms with Crippen LogP contribution in [0.1, 0.15) is 5.56 Å². The topological polar surface area (TPSA) is 81.5 Å². The van der Waals surface area contributed by atoms with Gasteiger partial charge in [-0.2, -0.15) is 5.10 Å². The van der Waals surface area contributed by atoms with Crippen LogP contribution in [0, 0.1) is 0 Å². The molecule has 4 aromatic carbocycles. The molecular weight excluding hydrogens is 378 g/mol. The molecule has 1 aliphatic rings. The molecule has 0 unspecified atom stereocenters. The molecule has 1 aromatic heterocycles. The average molecular weight is 393 g/mol. The maximum absolute atomic E-state index is 5.39. The molecule has 30 heavy (non-hydrogen) atoms. The van der Waals surface area contributed by atoms with Crippen LogP contribution in [0.2, 0.25) is 0 Å². The van der Waals surface area contributed by atoms with Gasteiger partial charge in [-0.3, -0.25) is 0 Å². The number of anilines is 1. The quantitative estimate of drug-likeness (QED) is 0.276. The molecule has 0 saturated heterocycles. The molecule has 0 bridgehead atoms. The third kappa shape index (κ3) is 2.68. The Labute approximate surface area is 171 Å². The Morgan fingerprint density at radius 3 is 2.27 bits per heavy atom. The van der Waals surface area contributed by atoms with Crippen molar-refractivity contribution in [3.63, 3.8) is 0 Å². The minimum absolute atomic E-state index is 0.243. The van der Waals surface area contributed by atoms with Crippen LogP contribution in [0.5, 0.6) is 11.5 Å². The minimum Gasteiger partial charge on any atom is -0.454 e. The van der Waals surface area contributed by atoms with Gasteiger partial charge in [0.25, 0.3) is 5.95 Å². The Kier molecular flexibility index (Phi) is 3.70. The fourth-order valence-corrected chi connectivity index (χ4v) is 3.75. The van der Waals surface area contributed by atoms with Crippen LogP contribution in [-0.4, -0.2) is 28.2 Å². The molecule has 0 atom stereocenters. The van der Waals surface area contributed by atoms with Crippen molar-refractivity contribution in [1.29, 1.82) is 0 Å². The Morgan fingerprint density at radius 1 is 0.767 bits per heavy atom. The van der Waals surface area contributed by atoms with Crippen LogP contribution in [-0.2, 0) is 0 Å². The summed E-state index contributed by atoms with van der Waals surface area (Å²) in [5.41, 5.74) is 5.32. The SMILES string of the molecule is C(=N\Nc1nnc2c3ccccc3c3ccccc3c2n1)/c1ccc2c(c1)OCO2. The van der Waals surface area contributed by atoms with E-state index in [9.17, 15) is 0 Å². The summed E-state index contributed by atoms with van der Waals surface area (Å²) < 4.78 is 10.7. The summed E-state index contributed by atoms with van der Waals surface area (Å²) in [5, 5.41) is 17.3. The monoisotopic (exact) mass is 393 g/mol. The molecule has 0 spiro atoms. The second kappa shape index (κ2) is 6.66. The number of hydrazone groups is 1. The molecular formula is C23H15N5O2. The predicted octanol–water partition coefficient (Wildman–Crippen LogP) is 4.51. The highest BCUT2D eigenvalue weighted by Gasteiger charge is 2.13. The van der Waals surface area contributed by atoms with Gasteiger partial charge in [0.1, 0.15) is 11.0 Å². The van der Waals surface area contributed by atoms with Gasteiger partial charge in [-0.25, -0.2) is 10.4 Å². The van der Waals surface area contributed by atoms with E-state index in [4.69, 9.17) is 14.5 Å². The summed E-state index contributed by atoms with van der Waals surface area (Å²) in [7, 11) is 0. The van der Waals surface area contributed by atoms with Crippen LogP contribution >= 0.6 is 0 Å². The third-order valence-electron chi connectivity index (χ3n) is 5.12. The van der Waals surface area contributed by atoms with Gasteiger partial charge in [0.2, 0.25) is 6.79 Å². The van der Waals surface area contributed by atoms with E-state index in [2.05, 4.69) is 38.9 Å². The van der Waals surface area contributed by atoms with Gasteiger partial charge < -0.3 is 9.47 Å². The second-order valence-corrected chi connectivity index (χ2v) is 6.91. The number of aromatic nitrogens is 3. The molecule has 5 aromatic rings.